The van der Waals surface area contributed by atoms with Gasteiger partial charge >= 0.3 is 0 Å². The number of imide groups is 1. The molecule has 0 spiro atoms. The van der Waals surface area contributed by atoms with Crippen molar-refractivity contribution in [2.24, 2.45) is 0 Å². The summed E-state index contributed by atoms with van der Waals surface area (Å²) in [7, 11) is 0. The average molecular weight is 300 g/mol. The van der Waals surface area contributed by atoms with Crippen molar-refractivity contribution in [3.05, 3.63) is 29.8 Å². The number of anilines is 1. The van der Waals surface area contributed by atoms with Gasteiger partial charge in [-0.2, -0.15) is 0 Å². The molecule has 22 heavy (non-hydrogen) atoms. The summed E-state index contributed by atoms with van der Waals surface area (Å²) in [6.07, 6.45) is 4.86. The quantitative estimate of drug-likeness (QED) is 0.806. The molecule has 2 aliphatic rings. The summed E-state index contributed by atoms with van der Waals surface area (Å²) in [5.41, 5.74) is 1.83. The summed E-state index contributed by atoms with van der Waals surface area (Å²) in [5.74, 6) is -0.117. The zero-order valence-corrected chi connectivity index (χ0v) is 13.4. The van der Waals surface area contributed by atoms with Gasteiger partial charge in [-0.1, -0.05) is 31.0 Å². The first-order chi connectivity index (χ1) is 10.6. The Balaban J connectivity index is 1.83. The Bertz CT molecular complexity index is 567. The fourth-order valence-electron chi connectivity index (χ4n) is 3.71. The zero-order chi connectivity index (χ0) is 15.7. The van der Waals surface area contributed by atoms with Crippen LogP contribution < -0.4 is 4.90 Å². The van der Waals surface area contributed by atoms with Crippen molar-refractivity contribution >= 4 is 17.5 Å². The standard InChI is InChI=1S/C18H24N2O2/c1-3-14-6-4-5-11-19(14)16-12-17(21)20(18(16)22)15-9-7-13(2)8-10-15/h7-10,14,16H,3-6,11-12H2,1-2H3/t14-,16-/m1/s1. The fourth-order valence-corrected chi connectivity index (χ4v) is 3.71. The number of piperidine rings is 1. The van der Waals surface area contributed by atoms with Gasteiger partial charge in [0.25, 0.3) is 5.91 Å². The number of hydrogen-bond donors (Lipinski definition) is 0. The normalized spacial score (nSPS) is 26.7. The van der Waals surface area contributed by atoms with Gasteiger partial charge in [0, 0.05) is 6.04 Å². The minimum Gasteiger partial charge on any atom is -0.289 e. The minimum absolute atomic E-state index is 0.0470. The number of carbonyl (C=O) groups is 2. The van der Waals surface area contributed by atoms with E-state index >= 15 is 0 Å². The third-order valence-corrected chi connectivity index (χ3v) is 4.96. The second kappa shape index (κ2) is 6.21. The van der Waals surface area contributed by atoms with E-state index in [1.165, 1.54) is 11.3 Å². The number of hydrogen-bond acceptors (Lipinski definition) is 3. The van der Waals surface area contributed by atoms with Gasteiger partial charge < -0.3 is 0 Å². The van der Waals surface area contributed by atoms with E-state index in [-0.39, 0.29) is 17.9 Å². The molecule has 1 aromatic carbocycles. The van der Waals surface area contributed by atoms with Crippen LogP contribution in [0.25, 0.3) is 0 Å². The number of rotatable bonds is 3. The van der Waals surface area contributed by atoms with Gasteiger partial charge in [-0.3, -0.25) is 14.5 Å². The Morgan fingerprint density at radius 2 is 1.86 bits per heavy atom. The third kappa shape index (κ3) is 2.68. The molecular formula is C18H24N2O2. The van der Waals surface area contributed by atoms with E-state index in [1.54, 1.807) is 0 Å². The molecule has 0 aliphatic carbocycles. The maximum absolute atomic E-state index is 12.8. The number of benzene rings is 1. The predicted octanol–water partition coefficient (Wildman–Crippen LogP) is 2.89. The smallest absolute Gasteiger partial charge is 0.251 e. The van der Waals surface area contributed by atoms with Crippen molar-refractivity contribution in [1.29, 1.82) is 0 Å². The molecular weight excluding hydrogens is 276 g/mol. The molecule has 118 valence electrons. The van der Waals surface area contributed by atoms with Crippen molar-refractivity contribution in [3.63, 3.8) is 0 Å². The number of carbonyl (C=O) groups excluding carboxylic acids is 2. The largest absolute Gasteiger partial charge is 0.289 e. The van der Waals surface area contributed by atoms with E-state index in [1.807, 2.05) is 31.2 Å². The lowest BCUT2D eigenvalue weighted by Crippen LogP contribution is -2.49. The molecule has 0 radical (unpaired) electrons. The van der Waals surface area contributed by atoms with Crippen LogP contribution in [-0.4, -0.2) is 35.3 Å². The predicted molar refractivity (Wildman–Crippen MR) is 86.7 cm³/mol. The SMILES string of the molecule is CC[C@@H]1CCCCN1[C@@H]1CC(=O)N(c2ccc(C)cc2)C1=O. The highest BCUT2D eigenvalue weighted by atomic mass is 16.2. The van der Waals surface area contributed by atoms with Crippen molar-refractivity contribution in [1.82, 2.24) is 4.90 Å². The first-order valence-corrected chi connectivity index (χ1v) is 8.31. The summed E-state index contributed by atoms with van der Waals surface area (Å²) in [4.78, 5) is 28.9. The van der Waals surface area contributed by atoms with Gasteiger partial charge in [0.1, 0.15) is 0 Å². The number of amides is 2. The molecule has 0 bridgehead atoms. The lowest BCUT2D eigenvalue weighted by atomic mass is 9.97. The Kier molecular flexibility index (Phi) is 4.30. The maximum Gasteiger partial charge on any atom is 0.251 e. The van der Waals surface area contributed by atoms with Crippen LogP contribution in [0.1, 0.15) is 44.6 Å². The molecule has 0 saturated carbocycles. The van der Waals surface area contributed by atoms with E-state index in [2.05, 4.69) is 11.8 Å². The molecule has 4 nitrogen and oxygen atoms in total. The third-order valence-electron chi connectivity index (χ3n) is 4.96. The Morgan fingerprint density at radius 1 is 1.14 bits per heavy atom. The highest BCUT2D eigenvalue weighted by Crippen LogP contribution is 2.30. The van der Waals surface area contributed by atoms with Crippen LogP contribution in [-0.2, 0) is 9.59 Å². The van der Waals surface area contributed by atoms with Crippen LogP contribution in [0.4, 0.5) is 5.69 Å². The topological polar surface area (TPSA) is 40.6 Å². The van der Waals surface area contributed by atoms with Crippen molar-refractivity contribution in [2.45, 2.75) is 58.0 Å². The van der Waals surface area contributed by atoms with Gasteiger partial charge in [0.05, 0.1) is 18.2 Å². The van der Waals surface area contributed by atoms with Crippen LogP contribution >= 0.6 is 0 Å². The highest BCUT2D eigenvalue weighted by molar-refractivity contribution is 6.22. The molecule has 2 saturated heterocycles. The van der Waals surface area contributed by atoms with Crippen LogP contribution in [0.3, 0.4) is 0 Å². The minimum atomic E-state index is -0.265. The Hall–Kier alpha value is -1.68. The van der Waals surface area contributed by atoms with Crippen molar-refractivity contribution in [3.8, 4) is 0 Å². The van der Waals surface area contributed by atoms with Gasteiger partial charge in [-0.25, -0.2) is 4.90 Å². The summed E-state index contributed by atoms with van der Waals surface area (Å²) < 4.78 is 0. The second-order valence-corrected chi connectivity index (χ2v) is 6.42. The molecule has 0 aromatic heterocycles. The summed E-state index contributed by atoms with van der Waals surface area (Å²) in [6, 6.07) is 7.78. The van der Waals surface area contributed by atoms with Gasteiger partial charge in [0.2, 0.25) is 5.91 Å². The molecule has 1 aromatic rings. The molecule has 4 heteroatoms. The summed E-state index contributed by atoms with van der Waals surface area (Å²) >= 11 is 0. The molecule has 0 unspecified atom stereocenters. The Labute approximate surface area is 132 Å². The fraction of sp³-hybridized carbons (Fsp3) is 0.556. The second-order valence-electron chi connectivity index (χ2n) is 6.42. The van der Waals surface area contributed by atoms with Gasteiger partial charge in [-0.05, 0) is 44.9 Å². The monoisotopic (exact) mass is 300 g/mol. The van der Waals surface area contributed by atoms with Crippen LogP contribution in [0, 0.1) is 6.92 Å². The molecule has 3 rings (SSSR count). The Morgan fingerprint density at radius 3 is 2.55 bits per heavy atom. The first-order valence-electron chi connectivity index (χ1n) is 8.31. The molecule has 2 amide bonds. The van der Waals surface area contributed by atoms with E-state index in [4.69, 9.17) is 0 Å². The average Bonchev–Trinajstić information content (AvgIpc) is 2.83. The first kappa shape index (κ1) is 15.2. The van der Waals surface area contributed by atoms with Crippen molar-refractivity contribution < 1.29 is 9.59 Å². The lowest BCUT2D eigenvalue weighted by Gasteiger charge is -2.38. The van der Waals surface area contributed by atoms with Crippen LogP contribution in [0.5, 0.6) is 0 Å². The van der Waals surface area contributed by atoms with E-state index in [9.17, 15) is 9.59 Å². The lowest BCUT2D eigenvalue weighted by molar-refractivity contribution is -0.123. The maximum atomic E-state index is 12.8. The highest BCUT2D eigenvalue weighted by Gasteiger charge is 2.44. The van der Waals surface area contributed by atoms with Gasteiger partial charge in [0.15, 0.2) is 0 Å². The number of aryl methyl sites for hydroxylation is 1. The van der Waals surface area contributed by atoms with E-state index in [0.717, 1.165) is 31.4 Å². The van der Waals surface area contributed by atoms with Crippen LogP contribution in [0.15, 0.2) is 24.3 Å². The van der Waals surface area contributed by atoms with Crippen molar-refractivity contribution in [2.75, 3.05) is 11.4 Å². The summed E-state index contributed by atoms with van der Waals surface area (Å²) in [5, 5.41) is 0. The molecule has 0 N–H and O–H groups in total. The summed E-state index contributed by atoms with van der Waals surface area (Å²) in [6.45, 7) is 5.10. The zero-order valence-electron chi connectivity index (χ0n) is 13.4. The van der Waals surface area contributed by atoms with E-state index < -0.39 is 0 Å². The number of nitrogens with zero attached hydrogens (tertiary/aromatic N) is 2. The molecule has 2 aliphatic heterocycles. The number of likely N-dealkylation sites (tertiary alicyclic amines) is 1. The van der Waals surface area contributed by atoms with Gasteiger partial charge in [-0.15, -0.1) is 0 Å². The molecule has 2 heterocycles. The molecule has 2 atom stereocenters. The molecule has 2 fully saturated rings. The van der Waals surface area contributed by atoms with Crippen LogP contribution in [0.2, 0.25) is 0 Å². The van der Waals surface area contributed by atoms with E-state index in [0.29, 0.717) is 18.2 Å².